The van der Waals surface area contributed by atoms with E-state index in [9.17, 15) is 0 Å². The van der Waals surface area contributed by atoms with E-state index in [1.807, 2.05) is 0 Å². The van der Waals surface area contributed by atoms with Crippen LogP contribution >= 0.6 is 0 Å². The molecule has 0 heterocycles. The van der Waals surface area contributed by atoms with E-state index in [1.54, 1.807) is 0 Å². The van der Waals surface area contributed by atoms with E-state index >= 15 is 0 Å². The van der Waals surface area contributed by atoms with E-state index in [4.69, 9.17) is 0 Å². The van der Waals surface area contributed by atoms with Gasteiger partial charge in [-0.05, 0) is 124 Å². The van der Waals surface area contributed by atoms with Gasteiger partial charge in [-0.1, -0.05) is 188 Å². The Bertz CT molecular complexity index is 2790. The number of allylic oxidation sites excluding steroid dienone is 10. The minimum absolute atomic E-state index is 0.113. The second-order valence-corrected chi connectivity index (χ2v) is 16.3. The van der Waals surface area contributed by atoms with Crippen molar-refractivity contribution in [2.45, 2.75) is 37.1 Å². The van der Waals surface area contributed by atoms with Crippen LogP contribution in [0.5, 0.6) is 0 Å². The first kappa shape index (κ1) is 38.8. The molecule has 0 aliphatic heterocycles. The standard InChI is InChI=1S/C60H50N2/c1-6-18-45(19-7-1)47-30-36-53(37-31-47)61(54-38-32-48(33-39-54)46-20-8-2-9-21-46)56-42-43-57(59(44-56)50-24-12-4-13-25-50)51-34-40-55(41-35-51)62(52-26-14-5-15-27-52)60-29-17-16-28-58(60)49-22-10-3-11-23-49/h1-12,14-20,22-24,26-44,46,58,60H,13,21,25H2. The van der Waals surface area contributed by atoms with Crippen LogP contribution in [0.4, 0.5) is 28.4 Å². The van der Waals surface area contributed by atoms with Crippen LogP contribution in [-0.4, -0.2) is 6.04 Å². The fourth-order valence-electron chi connectivity index (χ4n) is 9.30. The highest BCUT2D eigenvalue weighted by atomic mass is 15.2. The number of nitrogens with zero attached hydrogens (tertiary/aromatic N) is 2. The lowest BCUT2D eigenvalue weighted by Crippen LogP contribution is -2.35. The summed E-state index contributed by atoms with van der Waals surface area (Å²) in [5.41, 5.74) is 15.9. The summed E-state index contributed by atoms with van der Waals surface area (Å²) in [6, 6.07) is 67.0. The summed E-state index contributed by atoms with van der Waals surface area (Å²) >= 11 is 0. The van der Waals surface area contributed by atoms with Crippen LogP contribution in [0.1, 0.15) is 47.8 Å². The van der Waals surface area contributed by atoms with Gasteiger partial charge in [0.05, 0.1) is 6.04 Å². The maximum absolute atomic E-state index is 2.49. The predicted molar refractivity (Wildman–Crippen MR) is 264 cm³/mol. The van der Waals surface area contributed by atoms with Crippen LogP contribution in [0.3, 0.4) is 0 Å². The predicted octanol–water partition coefficient (Wildman–Crippen LogP) is 16.2. The number of hydrogen-bond donors (Lipinski definition) is 0. The first-order valence-electron chi connectivity index (χ1n) is 22.0. The Morgan fingerprint density at radius 3 is 1.69 bits per heavy atom. The summed E-state index contributed by atoms with van der Waals surface area (Å²) in [5, 5.41) is 0. The molecule has 3 unspecified atom stereocenters. The van der Waals surface area contributed by atoms with Gasteiger partial charge < -0.3 is 9.80 Å². The van der Waals surface area contributed by atoms with Crippen LogP contribution < -0.4 is 9.80 Å². The van der Waals surface area contributed by atoms with Crippen molar-refractivity contribution >= 4 is 34.0 Å². The molecule has 2 heteroatoms. The van der Waals surface area contributed by atoms with Crippen molar-refractivity contribution in [3.8, 4) is 22.3 Å². The van der Waals surface area contributed by atoms with Crippen molar-refractivity contribution in [2.75, 3.05) is 9.80 Å². The zero-order valence-electron chi connectivity index (χ0n) is 34.9. The quantitative estimate of drug-likeness (QED) is 0.129. The third-order valence-corrected chi connectivity index (χ3v) is 12.5. The van der Waals surface area contributed by atoms with Crippen LogP contribution in [0.2, 0.25) is 0 Å². The zero-order valence-corrected chi connectivity index (χ0v) is 34.9. The van der Waals surface area contributed by atoms with Crippen molar-refractivity contribution in [1.29, 1.82) is 0 Å². The minimum Gasteiger partial charge on any atom is -0.334 e. The van der Waals surface area contributed by atoms with Gasteiger partial charge in [-0.2, -0.15) is 0 Å². The lowest BCUT2D eigenvalue weighted by atomic mass is 9.86. The first-order valence-corrected chi connectivity index (χ1v) is 22.0. The fraction of sp³-hybridized carbons (Fsp3) is 0.100. The van der Waals surface area contributed by atoms with Crippen LogP contribution in [-0.2, 0) is 0 Å². The summed E-state index contributed by atoms with van der Waals surface area (Å²) in [4.78, 5) is 4.91. The molecule has 0 fully saturated rings. The number of benzene rings is 7. The van der Waals surface area contributed by atoms with E-state index in [0.717, 1.165) is 42.0 Å². The average molecular weight is 799 g/mol. The Hall–Kier alpha value is -7.42. The molecule has 0 spiro atoms. The topological polar surface area (TPSA) is 6.48 Å². The van der Waals surface area contributed by atoms with E-state index in [1.165, 1.54) is 50.2 Å². The zero-order chi connectivity index (χ0) is 41.5. The van der Waals surface area contributed by atoms with Gasteiger partial charge in [-0.25, -0.2) is 0 Å². The average Bonchev–Trinajstić information content (AvgIpc) is 3.36. The molecule has 0 saturated heterocycles. The largest absolute Gasteiger partial charge is 0.334 e. The lowest BCUT2D eigenvalue weighted by molar-refractivity contribution is 0.690. The third kappa shape index (κ3) is 8.20. The molecular weight excluding hydrogens is 749 g/mol. The van der Waals surface area contributed by atoms with Gasteiger partial charge in [0.15, 0.2) is 0 Å². The molecule has 7 aromatic carbocycles. The van der Waals surface area contributed by atoms with Crippen molar-refractivity contribution in [1.82, 2.24) is 0 Å². The third-order valence-electron chi connectivity index (χ3n) is 12.5. The van der Waals surface area contributed by atoms with Gasteiger partial charge in [0.2, 0.25) is 0 Å². The minimum atomic E-state index is 0.113. The number of hydrogen-bond acceptors (Lipinski definition) is 2. The van der Waals surface area contributed by atoms with Gasteiger partial charge in [0.1, 0.15) is 0 Å². The van der Waals surface area contributed by atoms with Gasteiger partial charge in [-0.3, -0.25) is 0 Å². The molecule has 0 saturated carbocycles. The van der Waals surface area contributed by atoms with E-state index in [2.05, 4.69) is 259 Å². The maximum atomic E-state index is 2.49. The van der Waals surface area contributed by atoms with Crippen molar-refractivity contribution in [3.05, 3.63) is 266 Å². The summed E-state index contributed by atoms with van der Waals surface area (Å²) < 4.78 is 0. The van der Waals surface area contributed by atoms with Crippen molar-refractivity contribution < 1.29 is 0 Å². The summed E-state index contributed by atoms with van der Waals surface area (Å²) in [6.07, 6.45) is 27.8. The smallest absolute Gasteiger partial charge is 0.0628 e. The van der Waals surface area contributed by atoms with Gasteiger partial charge in [-0.15, -0.1) is 0 Å². The van der Waals surface area contributed by atoms with Crippen molar-refractivity contribution in [3.63, 3.8) is 0 Å². The first-order chi connectivity index (χ1) is 30.8. The molecule has 0 amide bonds. The molecule has 0 bridgehead atoms. The van der Waals surface area contributed by atoms with E-state index in [-0.39, 0.29) is 12.0 Å². The monoisotopic (exact) mass is 798 g/mol. The van der Waals surface area contributed by atoms with E-state index < -0.39 is 0 Å². The number of rotatable bonds is 11. The highest BCUT2D eigenvalue weighted by Gasteiger charge is 2.28. The molecule has 0 radical (unpaired) electrons. The van der Waals surface area contributed by atoms with E-state index in [0.29, 0.717) is 5.92 Å². The number of para-hydroxylation sites is 1. The summed E-state index contributed by atoms with van der Waals surface area (Å²) in [6.45, 7) is 0. The van der Waals surface area contributed by atoms with Gasteiger partial charge in [0, 0.05) is 40.3 Å². The molecule has 3 aliphatic rings. The maximum Gasteiger partial charge on any atom is 0.0628 e. The molecule has 10 rings (SSSR count). The Morgan fingerprint density at radius 2 is 1.00 bits per heavy atom. The normalized spacial score (nSPS) is 17.7. The Kier molecular flexibility index (Phi) is 11.3. The second kappa shape index (κ2) is 18.1. The van der Waals surface area contributed by atoms with Gasteiger partial charge in [0.25, 0.3) is 0 Å². The molecule has 0 N–H and O–H groups in total. The molecule has 62 heavy (non-hydrogen) atoms. The van der Waals surface area contributed by atoms with Crippen LogP contribution in [0.25, 0.3) is 27.8 Å². The summed E-state index contributed by atoms with van der Waals surface area (Å²) in [7, 11) is 0. The Labute approximate surface area is 367 Å². The SMILES string of the molecule is C1=CCCC(c2cc(N(c3ccc(-c4ccccc4)cc3)c3ccc(C4C=CC=CC4)cc3)ccc2-c2ccc(N(c3ccccc3)C3C=CC=CC3c3ccccc3)cc2)=C1. The number of anilines is 5. The Morgan fingerprint density at radius 1 is 0.403 bits per heavy atom. The Balaban J connectivity index is 1.04. The van der Waals surface area contributed by atoms with Crippen LogP contribution in [0.15, 0.2) is 249 Å². The lowest BCUT2D eigenvalue weighted by Gasteiger charge is -2.37. The molecule has 2 nitrogen and oxygen atoms in total. The molecule has 3 atom stereocenters. The molecule has 7 aromatic rings. The highest BCUT2D eigenvalue weighted by molar-refractivity contribution is 5.88. The molecular formula is C60H50N2. The second-order valence-electron chi connectivity index (χ2n) is 16.3. The van der Waals surface area contributed by atoms with Crippen LogP contribution in [0, 0.1) is 0 Å². The molecule has 300 valence electrons. The fourth-order valence-corrected chi connectivity index (χ4v) is 9.30. The highest BCUT2D eigenvalue weighted by Crippen LogP contribution is 2.43. The van der Waals surface area contributed by atoms with Crippen molar-refractivity contribution in [2.24, 2.45) is 0 Å². The summed E-state index contributed by atoms with van der Waals surface area (Å²) in [5.74, 6) is 0.610. The molecule has 3 aliphatic carbocycles. The van der Waals surface area contributed by atoms with Gasteiger partial charge >= 0.3 is 0 Å². The molecule has 0 aromatic heterocycles.